The van der Waals surface area contributed by atoms with Crippen LogP contribution in [0.4, 0.5) is 5.69 Å². The third kappa shape index (κ3) is 4.39. The fourth-order valence-corrected chi connectivity index (χ4v) is 1.84. The van der Waals surface area contributed by atoms with Gasteiger partial charge in [0.05, 0.1) is 6.21 Å². The number of aromatic nitrogens is 1. The van der Waals surface area contributed by atoms with Crippen molar-refractivity contribution in [3.8, 4) is 0 Å². The summed E-state index contributed by atoms with van der Waals surface area (Å²) in [5, 5.41) is 6.76. The summed E-state index contributed by atoms with van der Waals surface area (Å²) in [5.74, 6) is -1.67. The molecule has 22 heavy (non-hydrogen) atoms. The predicted molar refractivity (Wildman–Crippen MR) is 84.8 cm³/mol. The van der Waals surface area contributed by atoms with Gasteiger partial charge in [-0.2, -0.15) is 5.10 Å². The molecule has 2 N–H and O–H groups in total. The van der Waals surface area contributed by atoms with E-state index in [4.69, 9.17) is 11.6 Å². The van der Waals surface area contributed by atoms with E-state index < -0.39 is 11.8 Å². The topological polar surface area (TPSA) is 83.5 Å². The Hall–Kier alpha value is -2.73. The van der Waals surface area contributed by atoms with Gasteiger partial charge in [-0.25, -0.2) is 5.43 Å². The van der Waals surface area contributed by atoms with Crippen molar-refractivity contribution in [2.45, 2.75) is 6.92 Å². The van der Waals surface area contributed by atoms with Crippen LogP contribution in [-0.2, 0) is 9.59 Å². The van der Waals surface area contributed by atoms with Gasteiger partial charge in [-0.3, -0.25) is 14.6 Å². The Kier molecular flexibility index (Phi) is 5.21. The SMILES string of the molecule is Cc1cc(Cl)ccc1NC(=O)C(=O)N/N=C\c1ccncc1. The van der Waals surface area contributed by atoms with Gasteiger partial charge >= 0.3 is 11.8 Å². The number of pyridine rings is 1. The lowest BCUT2D eigenvalue weighted by Crippen LogP contribution is -2.32. The average Bonchev–Trinajstić information content (AvgIpc) is 2.51. The molecule has 0 bridgehead atoms. The first kappa shape index (κ1) is 15.7. The number of amides is 2. The first-order chi connectivity index (χ1) is 10.6. The fourth-order valence-electron chi connectivity index (χ4n) is 1.61. The van der Waals surface area contributed by atoms with Crippen LogP contribution in [0.5, 0.6) is 0 Å². The Bertz CT molecular complexity index is 717. The van der Waals surface area contributed by atoms with Crippen molar-refractivity contribution in [1.82, 2.24) is 10.4 Å². The van der Waals surface area contributed by atoms with Crippen LogP contribution in [0, 0.1) is 6.92 Å². The molecule has 1 heterocycles. The number of halogens is 1. The lowest BCUT2D eigenvalue weighted by Gasteiger charge is -2.07. The van der Waals surface area contributed by atoms with Crippen molar-refractivity contribution in [1.29, 1.82) is 0 Å². The first-order valence-electron chi connectivity index (χ1n) is 6.37. The van der Waals surface area contributed by atoms with E-state index in [1.54, 1.807) is 49.6 Å². The number of aryl methyl sites for hydroxylation is 1. The zero-order valence-corrected chi connectivity index (χ0v) is 12.5. The van der Waals surface area contributed by atoms with Gasteiger partial charge in [0.1, 0.15) is 0 Å². The fraction of sp³-hybridized carbons (Fsp3) is 0.0667. The Morgan fingerprint density at radius 3 is 2.59 bits per heavy atom. The lowest BCUT2D eigenvalue weighted by molar-refractivity contribution is -0.136. The smallest absolute Gasteiger partial charge is 0.317 e. The summed E-state index contributed by atoms with van der Waals surface area (Å²) in [6.07, 6.45) is 4.61. The molecule has 0 aliphatic rings. The van der Waals surface area contributed by atoms with Gasteiger partial charge in [-0.05, 0) is 48.4 Å². The second-order valence-corrected chi connectivity index (χ2v) is 4.83. The van der Waals surface area contributed by atoms with E-state index in [0.29, 0.717) is 10.7 Å². The molecule has 0 spiro atoms. The van der Waals surface area contributed by atoms with E-state index in [9.17, 15) is 9.59 Å². The highest BCUT2D eigenvalue weighted by molar-refractivity contribution is 6.39. The van der Waals surface area contributed by atoms with Gasteiger partial charge in [0, 0.05) is 23.1 Å². The minimum absolute atomic E-state index is 0.516. The molecule has 0 aliphatic carbocycles. The van der Waals surface area contributed by atoms with E-state index in [1.165, 1.54) is 6.21 Å². The zero-order chi connectivity index (χ0) is 15.9. The van der Waals surface area contributed by atoms with E-state index in [1.807, 2.05) is 0 Å². The van der Waals surface area contributed by atoms with Gasteiger partial charge in [0.25, 0.3) is 0 Å². The number of nitrogens with one attached hydrogen (secondary N) is 2. The number of benzene rings is 1. The lowest BCUT2D eigenvalue weighted by atomic mass is 10.2. The standard InChI is InChI=1S/C15H13ClN4O2/c1-10-8-12(16)2-3-13(10)19-14(21)15(22)20-18-9-11-4-6-17-7-5-11/h2-9H,1H3,(H,19,21)(H,20,22)/b18-9-. The number of hydrogen-bond donors (Lipinski definition) is 2. The quantitative estimate of drug-likeness (QED) is 0.517. The maximum atomic E-state index is 11.8. The highest BCUT2D eigenvalue weighted by Crippen LogP contribution is 2.19. The number of rotatable bonds is 3. The highest BCUT2D eigenvalue weighted by atomic mass is 35.5. The summed E-state index contributed by atoms with van der Waals surface area (Å²) in [7, 11) is 0. The Labute approximate surface area is 132 Å². The number of nitrogens with zero attached hydrogens (tertiary/aromatic N) is 2. The summed E-state index contributed by atoms with van der Waals surface area (Å²) >= 11 is 5.83. The van der Waals surface area contributed by atoms with Crippen LogP contribution in [0.1, 0.15) is 11.1 Å². The minimum Gasteiger partial charge on any atom is -0.317 e. The first-order valence-corrected chi connectivity index (χ1v) is 6.74. The summed E-state index contributed by atoms with van der Waals surface area (Å²) < 4.78 is 0. The molecule has 2 amide bonds. The molecule has 0 fully saturated rings. The summed E-state index contributed by atoms with van der Waals surface area (Å²) in [6, 6.07) is 8.38. The molecule has 0 saturated heterocycles. The van der Waals surface area contributed by atoms with Gasteiger partial charge < -0.3 is 5.32 Å². The van der Waals surface area contributed by atoms with E-state index >= 15 is 0 Å². The highest BCUT2D eigenvalue weighted by Gasteiger charge is 2.13. The van der Waals surface area contributed by atoms with Crippen molar-refractivity contribution in [2.75, 3.05) is 5.32 Å². The minimum atomic E-state index is -0.861. The van der Waals surface area contributed by atoms with Gasteiger partial charge in [-0.15, -0.1) is 0 Å². The maximum Gasteiger partial charge on any atom is 0.329 e. The van der Waals surface area contributed by atoms with Gasteiger partial charge in [0.15, 0.2) is 0 Å². The van der Waals surface area contributed by atoms with Crippen molar-refractivity contribution in [3.05, 3.63) is 58.9 Å². The number of hydrazone groups is 1. The predicted octanol–water partition coefficient (Wildman–Crippen LogP) is 2.13. The Morgan fingerprint density at radius 1 is 1.18 bits per heavy atom. The Balaban J connectivity index is 1.92. The molecule has 112 valence electrons. The van der Waals surface area contributed by atoms with Crippen molar-refractivity contribution in [2.24, 2.45) is 5.10 Å². The second-order valence-electron chi connectivity index (χ2n) is 4.39. The van der Waals surface area contributed by atoms with E-state index in [2.05, 4.69) is 20.8 Å². The third-order valence-corrected chi connectivity index (χ3v) is 2.96. The molecule has 7 heteroatoms. The molecule has 6 nitrogen and oxygen atoms in total. The van der Waals surface area contributed by atoms with Crippen LogP contribution in [0.25, 0.3) is 0 Å². The van der Waals surface area contributed by atoms with Crippen molar-refractivity contribution >= 4 is 35.3 Å². The van der Waals surface area contributed by atoms with Gasteiger partial charge in [-0.1, -0.05) is 11.6 Å². The number of hydrogen-bond acceptors (Lipinski definition) is 4. The number of carbonyl (C=O) groups is 2. The summed E-state index contributed by atoms with van der Waals surface area (Å²) in [4.78, 5) is 27.2. The molecule has 1 aromatic carbocycles. The zero-order valence-electron chi connectivity index (χ0n) is 11.7. The normalized spacial score (nSPS) is 10.5. The monoisotopic (exact) mass is 316 g/mol. The molecular weight excluding hydrogens is 304 g/mol. The molecule has 2 rings (SSSR count). The number of anilines is 1. The molecule has 0 radical (unpaired) electrons. The summed E-state index contributed by atoms with van der Waals surface area (Å²) in [5.41, 5.74) is 4.18. The molecule has 2 aromatic rings. The maximum absolute atomic E-state index is 11.8. The van der Waals surface area contributed by atoms with Crippen molar-refractivity contribution in [3.63, 3.8) is 0 Å². The van der Waals surface area contributed by atoms with E-state index in [-0.39, 0.29) is 0 Å². The van der Waals surface area contributed by atoms with E-state index in [0.717, 1.165) is 11.1 Å². The van der Waals surface area contributed by atoms with Crippen LogP contribution >= 0.6 is 11.6 Å². The van der Waals surface area contributed by atoms with Gasteiger partial charge in [0.2, 0.25) is 0 Å². The van der Waals surface area contributed by atoms with Crippen LogP contribution in [0.3, 0.4) is 0 Å². The molecule has 1 aromatic heterocycles. The van der Waals surface area contributed by atoms with Crippen LogP contribution < -0.4 is 10.7 Å². The van der Waals surface area contributed by atoms with Crippen LogP contribution in [0.15, 0.2) is 47.8 Å². The molecule has 0 saturated carbocycles. The average molecular weight is 317 g/mol. The van der Waals surface area contributed by atoms with Crippen LogP contribution in [0.2, 0.25) is 5.02 Å². The molecular formula is C15H13ClN4O2. The Morgan fingerprint density at radius 2 is 1.91 bits per heavy atom. The summed E-state index contributed by atoms with van der Waals surface area (Å²) in [6.45, 7) is 1.78. The molecule has 0 atom stereocenters. The molecule has 0 unspecified atom stereocenters. The second kappa shape index (κ2) is 7.33. The largest absolute Gasteiger partial charge is 0.329 e. The van der Waals surface area contributed by atoms with Crippen LogP contribution in [-0.4, -0.2) is 23.0 Å². The number of carbonyl (C=O) groups excluding carboxylic acids is 2. The third-order valence-electron chi connectivity index (χ3n) is 2.73. The molecule has 0 aliphatic heterocycles. The van der Waals surface area contributed by atoms with Crippen molar-refractivity contribution < 1.29 is 9.59 Å².